The number of benzene rings is 2. The van der Waals surface area contributed by atoms with Crippen LogP contribution in [0.1, 0.15) is 5.56 Å². The van der Waals surface area contributed by atoms with Crippen LogP contribution < -0.4 is 4.90 Å². The molecule has 1 aliphatic heterocycles. The van der Waals surface area contributed by atoms with Gasteiger partial charge in [-0.1, -0.05) is 24.3 Å². The number of likely N-dealkylation sites (N-methyl/N-ethyl adjacent to an activating group) is 1. The van der Waals surface area contributed by atoms with Crippen LogP contribution in [0.25, 0.3) is 33.4 Å². The van der Waals surface area contributed by atoms with Crippen molar-refractivity contribution in [1.82, 2.24) is 20.1 Å². The predicted octanol–water partition coefficient (Wildman–Crippen LogP) is 4.25. The highest BCUT2D eigenvalue weighted by atomic mass is 19.1. The number of anilines is 1. The highest BCUT2D eigenvalue weighted by Gasteiger charge is 2.17. The summed E-state index contributed by atoms with van der Waals surface area (Å²) in [6.45, 7) is 4.16. The van der Waals surface area contributed by atoms with Gasteiger partial charge in [0.15, 0.2) is 0 Å². The van der Waals surface area contributed by atoms with Gasteiger partial charge >= 0.3 is 0 Å². The summed E-state index contributed by atoms with van der Waals surface area (Å²) in [6.07, 6.45) is 1.79. The Morgan fingerprint density at radius 3 is 2.62 bits per heavy atom. The number of H-pyrrole nitrogens is 1. The van der Waals surface area contributed by atoms with Gasteiger partial charge in [0.2, 0.25) is 0 Å². The molecule has 1 fully saturated rings. The Morgan fingerprint density at radius 2 is 1.88 bits per heavy atom. The number of halogens is 1. The summed E-state index contributed by atoms with van der Waals surface area (Å²) in [6, 6.07) is 17.2. The number of hydrogen-bond donors (Lipinski definition) is 1. The summed E-state index contributed by atoms with van der Waals surface area (Å²) >= 11 is 0. The number of aromatic nitrogens is 3. The van der Waals surface area contributed by atoms with Crippen molar-refractivity contribution in [2.24, 2.45) is 0 Å². The third-order valence-corrected chi connectivity index (χ3v) is 6.08. The summed E-state index contributed by atoms with van der Waals surface area (Å²) in [4.78, 5) is 9.17. The van der Waals surface area contributed by atoms with E-state index in [1.165, 1.54) is 11.8 Å². The molecular formula is C25H23FN6. The van der Waals surface area contributed by atoms with Crippen LogP contribution in [0.15, 0.2) is 54.7 Å². The van der Waals surface area contributed by atoms with E-state index in [0.717, 1.165) is 48.3 Å². The molecule has 0 aliphatic carbocycles. The Balaban J connectivity index is 1.51. The number of aromatic amines is 1. The van der Waals surface area contributed by atoms with Crippen LogP contribution in [0.5, 0.6) is 0 Å². The van der Waals surface area contributed by atoms with E-state index in [9.17, 15) is 4.39 Å². The standard InChI is InChI=1S/C25H23FN6/c1-31-11-13-32(14-12-31)19-7-5-18(6-8-19)25-20-15-22(28-16-23(20)29-30-25)24-17(9-10-27)3-2-4-21(24)26/h2-8,15-16H,9,11-14H2,1H3,(H,29,30). The van der Waals surface area contributed by atoms with Gasteiger partial charge in [0.05, 0.1) is 29.9 Å². The van der Waals surface area contributed by atoms with E-state index < -0.39 is 0 Å². The predicted molar refractivity (Wildman–Crippen MR) is 124 cm³/mol. The van der Waals surface area contributed by atoms with Crippen molar-refractivity contribution in [1.29, 1.82) is 5.26 Å². The van der Waals surface area contributed by atoms with Crippen molar-refractivity contribution in [3.05, 3.63) is 66.1 Å². The van der Waals surface area contributed by atoms with Crippen molar-refractivity contribution < 1.29 is 4.39 Å². The molecular weight excluding hydrogens is 403 g/mol. The Hall–Kier alpha value is -3.76. The second-order valence-electron chi connectivity index (χ2n) is 8.13. The molecule has 3 heterocycles. The lowest BCUT2D eigenvalue weighted by Gasteiger charge is -2.34. The van der Waals surface area contributed by atoms with E-state index in [0.29, 0.717) is 16.8 Å². The highest BCUT2D eigenvalue weighted by Crippen LogP contribution is 2.32. The minimum absolute atomic E-state index is 0.124. The minimum atomic E-state index is -0.383. The maximum Gasteiger partial charge on any atom is 0.132 e. The number of rotatable bonds is 4. The zero-order valence-electron chi connectivity index (χ0n) is 17.8. The van der Waals surface area contributed by atoms with Crippen LogP contribution in [-0.4, -0.2) is 53.3 Å². The van der Waals surface area contributed by atoms with E-state index in [2.05, 4.69) is 62.4 Å². The Morgan fingerprint density at radius 1 is 1.09 bits per heavy atom. The summed E-state index contributed by atoms with van der Waals surface area (Å²) < 4.78 is 14.7. The van der Waals surface area contributed by atoms with Crippen molar-refractivity contribution in [3.8, 4) is 28.6 Å². The van der Waals surface area contributed by atoms with Crippen molar-refractivity contribution in [2.45, 2.75) is 6.42 Å². The van der Waals surface area contributed by atoms with Gasteiger partial charge in [-0.25, -0.2) is 4.39 Å². The first-order valence-electron chi connectivity index (χ1n) is 10.7. The van der Waals surface area contributed by atoms with E-state index in [1.807, 2.05) is 6.07 Å². The van der Waals surface area contributed by atoms with Crippen LogP contribution >= 0.6 is 0 Å². The minimum Gasteiger partial charge on any atom is -0.369 e. The molecule has 0 bridgehead atoms. The van der Waals surface area contributed by atoms with E-state index in [4.69, 9.17) is 5.26 Å². The van der Waals surface area contributed by atoms with Gasteiger partial charge in [-0.05, 0) is 36.9 Å². The molecule has 0 spiro atoms. The van der Waals surface area contributed by atoms with Crippen LogP contribution in [0.2, 0.25) is 0 Å². The van der Waals surface area contributed by atoms with Crippen LogP contribution in [0, 0.1) is 17.1 Å². The average molecular weight is 426 g/mol. The fourth-order valence-electron chi connectivity index (χ4n) is 4.26. The van der Waals surface area contributed by atoms with Crippen LogP contribution in [-0.2, 0) is 6.42 Å². The Kier molecular flexibility index (Phi) is 5.29. The molecule has 7 heteroatoms. The van der Waals surface area contributed by atoms with E-state index in [-0.39, 0.29) is 12.2 Å². The molecule has 6 nitrogen and oxygen atoms in total. The molecule has 2 aromatic carbocycles. The number of nitrogens with one attached hydrogen (secondary N) is 1. The molecule has 0 radical (unpaired) electrons. The van der Waals surface area contributed by atoms with E-state index >= 15 is 0 Å². The normalized spacial score (nSPS) is 14.6. The quantitative estimate of drug-likeness (QED) is 0.528. The molecule has 32 heavy (non-hydrogen) atoms. The van der Waals surface area contributed by atoms with Gasteiger partial charge in [0.25, 0.3) is 0 Å². The van der Waals surface area contributed by atoms with Gasteiger partial charge in [0, 0.05) is 48.4 Å². The van der Waals surface area contributed by atoms with Crippen LogP contribution in [0.4, 0.5) is 10.1 Å². The SMILES string of the molecule is CN1CCN(c2ccc(-c3n[nH]c4cnc(-c5c(F)cccc5CC#N)cc34)cc2)CC1. The second kappa shape index (κ2) is 8.40. The average Bonchev–Trinajstić information content (AvgIpc) is 3.23. The summed E-state index contributed by atoms with van der Waals surface area (Å²) in [5.74, 6) is -0.383. The monoisotopic (exact) mass is 426 g/mol. The number of pyridine rings is 1. The van der Waals surface area contributed by atoms with Gasteiger partial charge < -0.3 is 9.80 Å². The molecule has 160 valence electrons. The number of nitrogens with zero attached hydrogens (tertiary/aromatic N) is 5. The smallest absolute Gasteiger partial charge is 0.132 e. The maximum atomic E-state index is 14.7. The molecule has 0 atom stereocenters. The van der Waals surface area contributed by atoms with E-state index in [1.54, 1.807) is 18.3 Å². The molecule has 2 aromatic heterocycles. The lowest BCUT2D eigenvalue weighted by Crippen LogP contribution is -2.44. The molecule has 5 rings (SSSR count). The molecule has 0 amide bonds. The Labute approximate surface area is 185 Å². The number of hydrogen-bond acceptors (Lipinski definition) is 5. The zero-order valence-corrected chi connectivity index (χ0v) is 17.8. The number of piperazine rings is 1. The van der Waals surface area contributed by atoms with Gasteiger partial charge in [-0.15, -0.1) is 0 Å². The maximum absolute atomic E-state index is 14.7. The first-order chi connectivity index (χ1) is 15.6. The molecule has 4 aromatic rings. The first-order valence-corrected chi connectivity index (χ1v) is 10.7. The fraction of sp³-hybridized carbons (Fsp3) is 0.240. The molecule has 1 saturated heterocycles. The third-order valence-electron chi connectivity index (χ3n) is 6.08. The fourth-order valence-corrected chi connectivity index (χ4v) is 4.26. The molecule has 1 aliphatic rings. The Bertz CT molecular complexity index is 1300. The third kappa shape index (κ3) is 3.70. The summed E-state index contributed by atoms with van der Waals surface area (Å²) in [5, 5.41) is 17.5. The van der Waals surface area contributed by atoms with Gasteiger partial charge in [-0.2, -0.15) is 10.4 Å². The molecule has 0 saturated carbocycles. The van der Waals surface area contributed by atoms with Crippen molar-refractivity contribution >= 4 is 16.6 Å². The highest BCUT2D eigenvalue weighted by molar-refractivity contribution is 5.94. The molecule has 0 unspecified atom stereocenters. The zero-order chi connectivity index (χ0) is 22.1. The lowest BCUT2D eigenvalue weighted by atomic mass is 9.99. The molecule has 1 N–H and O–H groups in total. The topological polar surface area (TPSA) is 71.8 Å². The van der Waals surface area contributed by atoms with Gasteiger partial charge in [-0.3, -0.25) is 10.1 Å². The largest absolute Gasteiger partial charge is 0.369 e. The van der Waals surface area contributed by atoms with Crippen molar-refractivity contribution in [2.75, 3.05) is 38.1 Å². The number of fused-ring (bicyclic) bond motifs is 1. The summed E-state index contributed by atoms with van der Waals surface area (Å²) in [5.41, 5.74) is 5.26. The van der Waals surface area contributed by atoms with Crippen molar-refractivity contribution in [3.63, 3.8) is 0 Å². The van der Waals surface area contributed by atoms with Gasteiger partial charge in [0.1, 0.15) is 11.5 Å². The number of nitriles is 1. The second-order valence-corrected chi connectivity index (χ2v) is 8.13. The first kappa shape index (κ1) is 20.2. The van der Waals surface area contributed by atoms with Crippen LogP contribution in [0.3, 0.4) is 0 Å². The summed E-state index contributed by atoms with van der Waals surface area (Å²) in [7, 11) is 2.15. The lowest BCUT2D eigenvalue weighted by molar-refractivity contribution is 0.313.